The molecule has 1 saturated carbocycles. The SMILES string of the molecule is CN1CC(=O)N(C2CCCCC2)C1=[Se]. The second-order valence-electron chi connectivity index (χ2n) is 4.19. The fourth-order valence-electron chi connectivity index (χ4n) is 2.34. The molecule has 0 N–H and O–H groups in total. The van der Waals surface area contributed by atoms with Gasteiger partial charge in [-0.15, -0.1) is 0 Å². The van der Waals surface area contributed by atoms with Crippen molar-refractivity contribution < 1.29 is 4.79 Å². The van der Waals surface area contributed by atoms with Crippen LogP contribution in [0.5, 0.6) is 0 Å². The fraction of sp³-hybridized carbons (Fsp3) is 0.800. The van der Waals surface area contributed by atoms with Gasteiger partial charge in [0.15, 0.2) is 0 Å². The summed E-state index contributed by atoms with van der Waals surface area (Å²) in [5.41, 5.74) is 0. The Balaban J connectivity index is 2.08. The Hall–Kier alpha value is -0.341. The Labute approximate surface area is 92.8 Å². The number of hydrogen-bond donors (Lipinski definition) is 0. The zero-order valence-corrected chi connectivity index (χ0v) is 10.2. The molecule has 0 spiro atoms. The molecule has 14 heavy (non-hydrogen) atoms. The van der Waals surface area contributed by atoms with Crippen molar-refractivity contribution in [3.63, 3.8) is 0 Å². The first-order valence-electron chi connectivity index (χ1n) is 5.27. The molecule has 2 fully saturated rings. The molecule has 0 aromatic rings. The third kappa shape index (κ3) is 1.73. The van der Waals surface area contributed by atoms with Crippen LogP contribution in [0.4, 0.5) is 0 Å². The molecule has 0 aromatic heterocycles. The first-order valence-corrected chi connectivity index (χ1v) is 6.13. The summed E-state index contributed by atoms with van der Waals surface area (Å²) in [4.78, 5) is 15.7. The molecule has 1 heterocycles. The molecule has 0 radical (unpaired) electrons. The van der Waals surface area contributed by atoms with Crippen LogP contribution in [0.2, 0.25) is 0 Å². The molecule has 0 atom stereocenters. The molecular weight excluding hydrogens is 243 g/mol. The van der Waals surface area contributed by atoms with Crippen LogP contribution in [0.3, 0.4) is 0 Å². The van der Waals surface area contributed by atoms with Crippen LogP contribution in [0, 0.1) is 0 Å². The summed E-state index contributed by atoms with van der Waals surface area (Å²) in [6, 6.07) is 0.456. The molecule has 2 aliphatic rings. The molecule has 0 bridgehead atoms. The van der Waals surface area contributed by atoms with E-state index in [2.05, 4.69) is 15.6 Å². The molecule has 0 unspecified atom stereocenters. The molecule has 3 nitrogen and oxygen atoms in total. The Morgan fingerprint density at radius 1 is 1.29 bits per heavy atom. The standard InChI is InChI=1S/C10H16N2OSe/c1-11-7-9(13)12(10(11)14)8-5-3-2-4-6-8/h8H,2-7H2,1H3. The number of carbonyl (C=O) groups excluding carboxylic acids is 1. The van der Waals surface area contributed by atoms with E-state index in [1.165, 1.54) is 32.1 Å². The van der Waals surface area contributed by atoms with Gasteiger partial charge in [0, 0.05) is 0 Å². The van der Waals surface area contributed by atoms with Crippen LogP contribution in [0.25, 0.3) is 0 Å². The number of rotatable bonds is 1. The number of likely N-dealkylation sites (N-methyl/N-ethyl adjacent to an activating group) is 1. The third-order valence-corrected chi connectivity index (χ3v) is 4.18. The van der Waals surface area contributed by atoms with E-state index in [9.17, 15) is 4.79 Å². The summed E-state index contributed by atoms with van der Waals surface area (Å²) in [5, 5.41) is 0. The van der Waals surface area contributed by atoms with Crippen molar-refractivity contribution in [3.05, 3.63) is 0 Å². The van der Waals surface area contributed by atoms with Crippen LogP contribution in [0.1, 0.15) is 32.1 Å². The molecule has 1 aliphatic heterocycles. The molecular formula is C10H16N2OSe. The Bertz CT molecular complexity index is 261. The average molecular weight is 259 g/mol. The normalized spacial score (nSPS) is 24.9. The molecule has 1 amide bonds. The maximum atomic E-state index is 11.7. The van der Waals surface area contributed by atoms with E-state index < -0.39 is 0 Å². The van der Waals surface area contributed by atoms with Crippen molar-refractivity contribution in [1.29, 1.82) is 0 Å². The Kier molecular flexibility index (Phi) is 2.93. The maximum absolute atomic E-state index is 11.7. The van der Waals surface area contributed by atoms with Crippen molar-refractivity contribution in [1.82, 2.24) is 9.80 Å². The van der Waals surface area contributed by atoms with Gasteiger partial charge in [-0.05, 0) is 0 Å². The Morgan fingerprint density at radius 3 is 2.43 bits per heavy atom. The quantitative estimate of drug-likeness (QED) is 0.634. The van der Waals surface area contributed by atoms with Gasteiger partial charge in [-0.1, -0.05) is 0 Å². The monoisotopic (exact) mass is 260 g/mol. The van der Waals surface area contributed by atoms with Gasteiger partial charge in [0.2, 0.25) is 0 Å². The van der Waals surface area contributed by atoms with Crippen molar-refractivity contribution in [2.75, 3.05) is 13.6 Å². The second-order valence-corrected chi connectivity index (χ2v) is 4.96. The van der Waals surface area contributed by atoms with Gasteiger partial charge in [0.25, 0.3) is 0 Å². The third-order valence-electron chi connectivity index (χ3n) is 3.11. The topological polar surface area (TPSA) is 23.6 Å². The summed E-state index contributed by atoms with van der Waals surface area (Å²) in [7, 11) is 1.96. The number of hydrogen-bond acceptors (Lipinski definition) is 2. The number of carbonyl (C=O) groups is 1. The molecule has 1 saturated heterocycles. The minimum absolute atomic E-state index is 0.258. The predicted octanol–water partition coefficient (Wildman–Crippen LogP) is 0.349. The van der Waals surface area contributed by atoms with Gasteiger partial charge >= 0.3 is 92.5 Å². The van der Waals surface area contributed by atoms with Crippen LogP contribution < -0.4 is 0 Å². The van der Waals surface area contributed by atoms with Gasteiger partial charge in [-0.2, -0.15) is 0 Å². The minimum atomic E-state index is 0.258. The summed E-state index contributed by atoms with van der Waals surface area (Å²) in [6.07, 6.45) is 6.21. The van der Waals surface area contributed by atoms with Crippen molar-refractivity contribution >= 4 is 26.1 Å². The first-order chi connectivity index (χ1) is 6.70. The van der Waals surface area contributed by atoms with E-state index in [4.69, 9.17) is 0 Å². The van der Waals surface area contributed by atoms with Crippen LogP contribution in [-0.4, -0.2) is 55.6 Å². The molecule has 2 rings (SSSR count). The van der Waals surface area contributed by atoms with Crippen molar-refractivity contribution in [3.8, 4) is 0 Å². The summed E-state index contributed by atoms with van der Waals surface area (Å²) in [5.74, 6) is 0.258. The van der Waals surface area contributed by atoms with Crippen LogP contribution in [-0.2, 0) is 4.79 Å². The summed E-state index contributed by atoms with van der Waals surface area (Å²) < 4.78 is 1.02. The van der Waals surface area contributed by atoms with Gasteiger partial charge in [-0.25, -0.2) is 0 Å². The average Bonchev–Trinajstić information content (AvgIpc) is 2.43. The van der Waals surface area contributed by atoms with Gasteiger partial charge in [-0.3, -0.25) is 0 Å². The predicted molar refractivity (Wildman–Crippen MR) is 57.1 cm³/mol. The number of amides is 1. The van der Waals surface area contributed by atoms with Crippen molar-refractivity contribution in [2.45, 2.75) is 38.1 Å². The molecule has 78 valence electrons. The molecule has 0 aromatic carbocycles. The van der Waals surface area contributed by atoms with Crippen molar-refractivity contribution in [2.24, 2.45) is 0 Å². The summed E-state index contributed by atoms with van der Waals surface area (Å²) in [6.45, 7) is 0.541. The van der Waals surface area contributed by atoms with Gasteiger partial charge < -0.3 is 0 Å². The van der Waals surface area contributed by atoms with E-state index >= 15 is 0 Å². The zero-order chi connectivity index (χ0) is 10.1. The van der Waals surface area contributed by atoms with E-state index in [0.717, 1.165) is 4.67 Å². The zero-order valence-electron chi connectivity index (χ0n) is 8.53. The molecule has 4 heteroatoms. The van der Waals surface area contributed by atoms with E-state index in [-0.39, 0.29) is 5.91 Å². The number of nitrogens with zero attached hydrogens (tertiary/aromatic N) is 2. The van der Waals surface area contributed by atoms with E-state index in [1.807, 2.05) is 16.8 Å². The van der Waals surface area contributed by atoms with Crippen LogP contribution >= 0.6 is 0 Å². The van der Waals surface area contributed by atoms with Gasteiger partial charge in [0.05, 0.1) is 0 Å². The summed E-state index contributed by atoms with van der Waals surface area (Å²) >= 11 is 3.01. The fourth-order valence-corrected chi connectivity index (χ4v) is 3.00. The molecule has 1 aliphatic carbocycles. The Morgan fingerprint density at radius 2 is 1.93 bits per heavy atom. The van der Waals surface area contributed by atoms with E-state index in [0.29, 0.717) is 12.6 Å². The first kappa shape index (κ1) is 10.2. The second kappa shape index (κ2) is 4.03. The van der Waals surface area contributed by atoms with Crippen LogP contribution in [0.15, 0.2) is 0 Å². The van der Waals surface area contributed by atoms with Gasteiger partial charge in [0.1, 0.15) is 0 Å². The van der Waals surface area contributed by atoms with E-state index in [1.54, 1.807) is 0 Å².